The molecule has 1 heterocycles. The van der Waals surface area contributed by atoms with Crippen molar-refractivity contribution >= 4 is 11.6 Å². The van der Waals surface area contributed by atoms with Gasteiger partial charge in [0.2, 0.25) is 5.91 Å². The highest BCUT2D eigenvalue weighted by atomic mass is 16.5. The normalized spacial score (nSPS) is 16.1. The first-order valence-electron chi connectivity index (χ1n) is 10.9. The second-order valence-electron chi connectivity index (χ2n) is 8.44. The van der Waals surface area contributed by atoms with Gasteiger partial charge in [-0.3, -0.25) is 14.6 Å². The zero-order valence-corrected chi connectivity index (χ0v) is 19.6. The van der Waals surface area contributed by atoms with Crippen molar-refractivity contribution in [3.8, 4) is 11.5 Å². The van der Waals surface area contributed by atoms with Crippen LogP contribution in [0.4, 0.5) is 5.69 Å². The van der Waals surface area contributed by atoms with E-state index in [1.54, 1.807) is 14.2 Å². The minimum absolute atomic E-state index is 0.0587. The maximum atomic E-state index is 12.9. The Morgan fingerprint density at radius 2 is 1.58 bits per heavy atom. The van der Waals surface area contributed by atoms with Crippen molar-refractivity contribution in [1.29, 1.82) is 0 Å². The molecular weight excluding hydrogens is 390 g/mol. The molecule has 0 radical (unpaired) electrons. The van der Waals surface area contributed by atoms with E-state index in [1.165, 1.54) is 11.1 Å². The summed E-state index contributed by atoms with van der Waals surface area (Å²) in [5, 5.41) is 3.16. The van der Waals surface area contributed by atoms with Crippen LogP contribution in [-0.4, -0.2) is 62.1 Å². The third-order valence-corrected chi connectivity index (χ3v) is 6.11. The van der Waals surface area contributed by atoms with Gasteiger partial charge in [-0.05, 0) is 56.5 Å². The third kappa shape index (κ3) is 5.57. The average Bonchev–Trinajstić information content (AvgIpc) is 2.76. The van der Waals surface area contributed by atoms with E-state index in [9.17, 15) is 4.79 Å². The molecule has 0 aromatic heterocycles. The number of hydrogen-bond donors (Lipinski definition) is 1. The van der Waals surface area contributed by atoms with Crippen molar-refractivity contribution in [2.24, 2.45) is 0 Å². The highest BCUT2D eigenvalue weighted by Gasteiger charge is 2.26. The molecule has 6 nitrogen and oxygen atoms in total. The van der Waals surface area contributed by atoms with Crippen LogP contribution in [-0.2, 0) is 11.3 Å². The van der Waals surface area contributed by atoms with Crippen molar-refractivity contribution in [2.45, 2.75) is 40.3 Å². The van der Waals surface area contributed by atoms with Crippen LogP contribution in [0.15, 0.2) is 30.3 Å². The molecule has 6 heteroatoms. The van der Waals surface area contributed by atoms with Gasteiger partial charge in [-0.15, -0.1) is 0 Å². The highest BCUT2D eigenvalue weighted by molar-refractivity contribution is 5.96. The number of nitrogens with one attached hydrogen (secondary N) is 1. The number of benzene rings is 2. The Bertz CT molecular complexity index is 897. The number of hydrogen-bond acceptors (Lipinski definition) is 5. The van der Waals surface area contributed by atoms with Crippen LogP contribution in [0.3, 0.4) is 0 Å². The van der Waals surface area contributed by atoms with Crippen LogP contribution in [0.25, 0.3) is 0 Å². The number of nitrogens with zero attached hydrogens (tertiary/aromatic N) is 2. The first-order valence-corrected chi connectivity index (χ1v) is 10.9. The maximum Gasteiger partial charge on any atom is 0.241 e. The average molecular weight is 426 g/mol. The number of piperazine rings is 1. The Hall–Kier alpha value is -2.57. The SMILES string of the molecule is COc1ccc(CN2CCN([C@@H](C)C(=O)Nc3c(C)cc(C)cc3C)CC2)cc1OC. The van der Waals surface area contributed by atoms with Gasteiger partial charge in [0, 0.05) is 38.4 Å². The van der Waals surface area contributed by atoms with Crippen molar-refractivity contribution in [3.05, 3.63) is 52.6 Å². The highest BCUT2D eigenvalue weighted by Crippen LogP contribution is 2.28. The summed E-state index contributed by atoms with van der Waals surface area (Å²) in [4.78, 5) is 17.6. The number of rotatable bonds is 7. The van der Waals surface area contributed by atoms with Crippen LogP contribution in [0, 0.1) is 20.8 Å². The van der Waals surface area contributed by atoms with Crippen LogP contribution in [0.1, 0.15) is 29.2 Å². The van der Waals surface area contributed by atoms with E-state index in [0.717, 1.165) is 61.0 Å². The molecule has 1 N–H and O–H groups in total. The summed E-state index contributed by atoms with van der Waals surface area (Å²) in [6.07, 6.45) is 0. The Morgan fingerprint density at radius 3 is 2.16 bits per heavy atom. The van der Waals surface area contributed by atoms with Gasteiger partial charge >= 0.3 is 0 Å². The van der Waals surface area contributed by atoms with E-state index >= 15 is 0 Å². The first kappa shape index (κ1) is 23.1. The van der Waals surface area contributed by atoms with Gasteiger partial charge in [-0.2, -0.15) is 0 Å². The van der Waals surface area contributed by atoms with Crippen LogP contribution < -0.4 is 14.8 Å². The second-order valence-corrected chi connectivity index (χ2v) is 8.44. The standard InChI is InChI=1S/C25H35N3O3/c1-17-13-18(2)24(19(3)14-17)26-25(29)20(4)28-11-9-27(10-12-28)16-21-7-8-22(30-5)23(15-21)31-6/h7-8,13-15,20H,9-12,16H2,1-6H3,(H,26,29)/t20-/m0/s1. The molecule has 1 aliphatic heterocycles. The zero-order valence-electron chi connectivity index (χ0n) is 19.6. The molecule has 1 amide bonds. The van der Waals surface area contributed by atoms with E-state index in [2.05, 4.69) is 40.2 Å². The molecule has 0 unspecified atom stereocenters. The molecule has 3 rings (SSSR count). The van der Waals surface area contributed by atoms with Gasteiger partial charge in [-0.25, -0.2) is 0 Å². The second kappa shape index (κ2) is 10.2. The summed E-state index contributed by atoms with van der Waals surface area (Å²) in [6, 6.07) is 10.1. The lowest BCUT2D eigenvalue weighted by Crippen LogP contribution is -2.52. The summed E-state index contributed by atoms with van der Waals surface area (Å²) in [5.74, 6) is 1.56. The monoisotopic (exact) mass is 425 g/mol. The summed E-state index contributed by atoms with van der Waals surface area (Å²) in [5.41, 5.74) is 5.57. The van der Waals surface area contributed by atoms with Crippen molar-refractivity contribution in [3.63, 3.8) is 0 Å². The molecule has 0 saturated carbocycles. The van der Waals surface area contributed by atoms with Gasteiger partial charge in [0.05, 0.1) is 20.3 Å². The van der Waals surface area contributed by atoms with E-state index in [1.807, 2.05) is 32.9 Å². The minimum Gasteiger partial charge on any atom is -0.493 e. The first-order chi connectivity index (χ1) is 14.8. The number of amides is 1. The van der Waals surface area contributed by atoms with Crippen LogP contribution in [0.5, 0.6) is 11.5 Å². The van der Waals surface area contributed by atoms with Gasteiger partial charge in [-0.1, -0.05) is 23.8 Å². The van der Waals surface area contributed by atoms with Crippen molar-refractivity contribution in [1.82, 2.24) is 9.80 Å². The topological polar surface area (TPSA) is 54.0 Å². The lowest BCUT2D eigenvalue weighted by Gasteiger charge is -2.37. The summed E-state index contributed by atoms with van der Waals surface area (Å²) >= 11 is 0. The summed E-state index contributed by atoms with van der Waals surface area (Å²) in [7, 11) is 3.31. The molecule has 1 atom stereocenters. The molecule has 1 aliphatic rings. The molecule has 1 saturated heterocycles. The fraction of sp³-hybridized carbons (Fsp3) is 0.480. The van der Waals surface area contributed by atoms with E-state index in [0.29, 0.717) is 0 Å². The van der Waals surface area contributed by atoms with Crippen molar-refractivity contribution in [2.75, 3.05) is 45.7 Å². The lowest BCUT2D eigenvalue weighted by molar-refractivity contribution is -0.121. The predicted octanol–water partition coefficient (Wildman–Crippen LogP) is 3.77. The summed E-state index contributed by atoms with van der Waals surface area (Å²) in [6.45, 7) is 12.6. The molecule has 2 aromatic carbocycles. The van der Waals surface area contributed by atoms with Crippen LogP contribution in [0.2, 0.25) is 0 Å². The maximum absolute atomic E-state index is 12.9. The van der Waals surface area contributed by atoms with Crippen LogP contribution >= 0.6 is 0 Å². The zero-order chi connectivity index (χ0) is 22.5. The number of carbonyl (C=O) groups is 1. The molecular formula is C25H35N3O3. The fourth-order valence-corrected chi connectivity index (χ4v) is 4.32. The molecule has 2 aromatic rings. The Labute approximate surface area is 186 Å². The number of aryl methyl sites for hydroxylation is 3. The minimum atomic E-state index is -0.164. The molecule has 31 heavy (non-hydrogen) atoms. The Kier molecular flexibility index (Phi) is 7.57. The summed E-state index contributed by atoms with van der Waals surface area (Å²) < 4.78 is 10.7. The van der Waals surface area contributed by atoms with E-state index in [4.69, 9.17) is 9.47 Å². The predicted molar refractivity (Wildman–Crippen MR) is 125 cm³/mol. The number of ether oxygens (including phenoxy) is 2. The Morgan fingerprint density at radius 1 is 0.968 bits per heavy atom. The molecule has 0 bridgehead atoms. The molecule has 0 aliphatic carbocycles. The van der Waals surface area contributed by atoms with Gasteiger partial charge < -0.3 is 14.8 Å². The smallest absolute Gasteiger partial charge is 0.241 e. The van der Waals surface area contributed by atoms with E-state index < -0.39 is 0 Å². The largest absolute Gasteiger partial charge is 0.493 e. The lowest BCUT2D eigenvalue weighted by atomic mass is 10.0. The number of carbonyl (C=O) groups excluding carboxylic acids is 1. The van der Waals surface area contributed by atoms with Gasteiger partial charge in [0.15, 0.2) is 11.5 Å². The number of methoxy groups -OCH3 is 2. The quantitative estimate of drug-likeness (QED) is 0.732. The van der Waals surface area contributed by atoms with E-state index in [-0.39, 0.29) is 11.9 Å². The third-order valence-electron chi connectivity index (χ3n) is 6.11. The molecule has 1 fully saturated rings. The fourth-order valence-electron chi connectivity index (χ4n) is 4.32. The molecule has 0 spiro atoms. The number of anilines is 1. The van der Waals surface area contributed by atoms with Gasteiger partial charge in [0.25, 0.3) is 0 Å². The molecule has 168 valence electrons. The Balaban J connectivity index is 1.55. The van der Waals surface area contributed by atoms with Gasteiger partial charge in [0.1, 0.15) is 0 Å². The van der Waals surface area contributed by atoms with Crippen molar-refractivity contribution < 1.29 is 14.3 Å².